The van der Waals surface area contributed by atoms with Crippen LogP contribution in [0.2, 0.25) is 0 Å². The predicted molar refractivity (Wildman–Crippen MR) is 109 cm³/mol. The molecule has 1 rings (SSSR count). The second-order valence-electron chi connectivity index (χ2n) is 7.94. The fourth-order valence-corrected chi connectivity index (χ4v) is 3.46. The summed E-state index contributed by atoms with van der Waals surface area (Å²) in [6.45, 7) is 19.1. The molecule has 5 atom stereocenters. The Kier molecular flexibility index (Phi) is 9.95. The molecular formula is C22H40O6. The fourth-order valence-electron chi connectivity index (χ4n) is 3.46. The quantitative estimate of drug-likeness (QED) is 0.223. The first-order chi connectivity index (χ1) is 13.1. The summed E-state index contributed by atoms with van der Waals surface area (Å²) in [7, 11) is 0. The Hall–Kier alpha value is -1.11. The Labute approximate surface area is 170 Å². The molecular weight excluding hydrogens is 360 g/mol. The fraction of sp³-hybridized carbons (Fsp3) is 0.864. The Morgan fingerprint density at radius 3 is 2.25 bits per heavy atom. The predicted octanol–water partition coefficient (Wildman–Crippen LogP) is 4.82. The van der Waals surface area contributed by atoms with Crippen molar-refractivity contribution in [3.8, 4) is 0 Å². The zero-order valence-corrected chi connectivity index (χ0v) is 18.8. The first-order valence-corrected chi connectivity index (χ1v) is 10.5. The molecule has 1 fully saturated rings. The lowest BCUT2D eigenvalue weighted by molar-refractivity contribution is -0.212. The van der Waals surface area contributed by atoms with Gasteiger partial charge in [-0.2, -0.15) is 0 Å². The van der Waals surface area contributed by atoms with E-state index >= 15 is 0 Å². The van der Waals surface area contributed by atoms with Crippen molar-refractivity contribution < 1.29 is 28.5 Å². The molecule has 0 aromatic carbocycles. The molecule has 0 aromatic rings. The normalized spacial score (nSPS) is 25.5. The summed E-state index contributed by atoms with van der Waals surface area (Å²) in [4.78, 5) is 12.3. The van der Waals surface area contributed by atoms with Crippen LogP contribution >= 0.6 is 0 Å². The maximum Gasteiger partial charge on any atom is 0.312 e. The van der Waals surface area contributed by atoms with E-state index in [4.69, 9.17) is 23.7 Å². The monoisotopic (exact) mass is 400 g/mol. The molecule has 0 aromatic heterocycles. The second kappa shape index (κ2) is 11.2. The topological polar surface area (TPSA) is 63.2 Å². The largest absolute Gasteiger partial charge is 0.470 e. The van der Waals surface area contributed by atoms with Gasteiger partial charge in [0.15, 0.2) is 12.6 Å². The standard InChI is InChI=1S/C22H40O6/c1-9-22(28-19(7)25-11-3,15-17(5)27-18(6)24-10-2)12-13-26-20(23)21(8)14-16(21)4/h16,18-19H,5,9-15H2,1-4,6-8H3. The highest BCUT2D eigenvalue weighted by Crippen LogP contribution is 2.52. The molecule has 28 heavy (non-hydrogen) atoms. The molecule has 1 aliphatic rings. The van der Waals surface area contributed by atoms with Crippen LogP contribution < -0.4 is 0 Å². The third-order valence-corrected chi connectivity index (χ3v) is 5.63. The summed E-state index contributed by atoms with van der Waals surface area (Å²) in [5, 5.41) is 0. The van der Waals surface area contributed by atoms with Crippen molar-refractivity contribution in [1.29, 1.82) is 0 Å². The lowest BCUT2D eigenvalue weighted by atomic mass is 9.91. The zero-order valence-electron chi connectivity index (χ0n) is 18.8. The Balaban J connectivity index is 2.72. The average Bonchev–Trinajstić information content (AvgIpc) is 3.23. The number of hydrogen-bond acceptors (Lipinski definition) is 6. The third kappa shape index (κ3) is 7.37. The smallest absolute Gasteiger partial charge is 0.312 e. The number of carbonyl (C=O) groups is 1. The van der Waals surface area contributed by atoms with Gasteiger partial charge in [-0.05, 0) is 53.4 Å². The van der Waals surface area contributed by atoms with Crippen molar-refractivity contribution >= 4 is 5.97 Å². The van der Waals surface area contributed by atoms with Gasteiger partial charge >= 0.3 is 5.97 Å². The lowest BCUT2D eigenvalue weighted by Crippen LogP contribution is -2.39. The molecule has 0 spiro atoms. The Morgan fingerprint density at radius 1 is 1.18 bits per heavy atom. The number of rotatable bonds is 15. The van der Waals surface area contributed by atoms with Crippen LogP contribution in [0.4, 0.5) is 0 Å². The number of hydrogen-bond donors (Lipinski definition) is 0. The second-order valence-corrected chi connectivity index (χ2v) is 7.94. The molecule has 0 amide bonds. The first-order valence-electron chi connectivity index (χ1n) is 10.5. The van der Waals surface area contributed by atoms with Crippen molar-refractivity contribution in [3.05, 3.63) is 12.3 Å². The Bertz CT molecular complexity index is 507. The maximum absolute atomic E-state index is 12.3. The maximum atomic E-state index is 12.3. The number of esters is 1. The van der Waals surface area contributed by atoms with Crippen molar-refractivity contribution in [2.45, 2.75) is 92.3 Å². The van der Waals surface area contributed by atoms with Crippen LogP contribution in [0.15, 0.2) is 12.3 Å². The molecule has 5 unspecified atom stereocenters. The van der Waals surface area contributed by atoms with E-state index in [0.29, 0.717) is 50.8 Å². The van der Waals surface area contributed by atoms with E-state index in [0.717, 1.165) is 6.42 Å². The van der Waals surface area contributed by atoms with E-state index in [1.54, 1.807) is 0 Å². The average molecular weight is 401 g/mol. The molecule has 0 heterocycles. The van der Waals surface area contributed by atoms with Gasteiger partial charge in [0, 0.05) is 26.1 Å². The van der Waals surface area contributed by atoms with Gasteiger partial charge in [-0.25, -0.2) is 0 Å². The van der Waals surface area contributed by atoms with Gasteiger partial charge in [-0.3, -0.25) is 4.79 Å². The van der Waals surface area contributed by atoms with Crippen LogP contribution in [0, 0.1) is 11.3 Å². The summed E-state index contributed by atoms with van der Waals surface area (Å²) in [6, 6.07) is 0. The van der Waals surface area contributed by atoms with Crippen LogP contribution in [0.5, 0.6) is 0 Å². The van der Waals surface area contributed by atoms with E-state index in [1.807, 2.05) is 41.5 Å². The van der Waals surface area contributed by atoms with Gasteiger partial charge in [0.2, 0.25) is 0 Å². The minimum atomic E-state index is -0.589. The van der Waals surface area contributed by atoms with E-state index < -0.39 is 5.60 Å². The zero-order chi connectivity index (χ0) is 21.4. The van der Waals surface area contributed by atoms with E-state index in [2.05, 4.69) is 13.5 Å². The molecule has 6 nitrogen and oxygen atoms in total. The summed E-state index contributed by atoms with van der Waals surface area (Å²) in [5.74, 6) is 0.849. The van der Waals surface area contributed by atoms with Gasteiger partial charge in [0.1, 0.15) is 0 Å². The van der Waals surface area contributed by atoms with Crippen molar-refractivity contribution in [1.82, 2.24) is 0 Å². The van der Waals surface area contributed by atoms with E-state index in [9.17, 15) is 4.79 Å². The molecule has 1 aliphatic carbocycles. The lowest BCUT2D eigenvalue weighted by Gasteiger charge is -2.36. The van der Waals surface area contributed by atoms with Crippen LogP contribution in [0.3, 0.4) is 0 Å². The third-order valence-electron chi connectivity index (χ3n) is 5.63. The molecule has 0 radical (unpaired) electrons. The first kappa shape index (κ1) is 24.9. The molecule has 0 saturated heterocycles. The molecule has 0 bridgehead atoms. The van der Waals surface area contributed by atoms with E-state index in [1.165, 1.54) is 0 Å². The van der Waals surface area contributed by atoms with Crippen LogP contribution in [0.1, 0.15) is 74.1 Å². The van der Waals surface area contributed by atoms with Crippen molar-refractivity contribution in [3.63, 3.8) is 0 Å². The highest BCUT2D eigenvalue weighted by Gasteiger charge is 2.54. The summed E-state index contributed by atoms with van der Waals surface area (Å²) >= 11 is 0. The molecule has 0 aliphatic heterocycles. The van der Waals surface area contributed by atoms with Crippen molar-refractivity contribution in [2.75, 3.05) is 19.8 Å². The van der Waals surface area contributed by atoms with Crippen molar-refractivity contribution in [2.24, 2.45) is 11.3 Å². The molecule has 1 saturated carbocycles. The molecule has 164 valence electrons. The van der Waals surface area contributed by atoms with E-state index in [-0.39, 0.29) is 24.0 Å². The van der Waals surface area contributed by atoms with Gasteiger partial charge in [-0.15, -0.1) is 0 Å². The molecule has 0 N–H and O–H groups in total. The summed E-state index contributed by atoms with van der Waals surface area (Å²) in [6.07, 6.45) is 1.87. The highest BCUT2D eigenvalue weighted by atomic mass is 16.7. The van der Waals surface area contributed by atoms with Gasteiger partial charge in [-0.1, -0.05) is 20.4 Å². The minimum Gasteiger partial charge on any atom is -0.470 e. The van der Waals surface area contributed by atoms with Crippen LogP contribution in [-0.4, -0.2) is 44.0 Å². The minimum absolute atomic E-state index is 0.122. The van der Waals surface area contributed by atoms with Gasteiger partial charge in [0.25, 0.3) is 0 Å². The number of carbonyl (C=O) groups excluding carboxylic acids is 1. The summed E-state index contributed by atoms with van der Waals surface area (Å²) in [5.41, 5.74) is -0.915. The van der Waals surface area contributed by atoms with Crippen LogP contribution in [-0.2, 0) is 28.5 Å². The summed E-state index contributed by atoms with van der Waals surface area (Å²) < 4.78 is 28.6. The van der Waals surface area contributed by atoms with Crippen LogP contribution in [0.25, 0.3) is 0 Å². The SMILES string of the molecule is C=C(CC(CC)(CCOC(=O)C1(C)CC1C)OC(C)OCC)OC(C)OCC. The Morgan fingerprint density at radius 2 is 1.75 bits per heavy atom. The van der Waals surface area contributed by atoms with Gasteiger partial charge in [0.05, 0.1) is 23.4 Å². The highest BCUT2D eigenvalue weighted by molar-refractivity contribution is 5.79. The molecule has 6 heteroatoms. The number of ether oxygens (including phenoxy) is 5. The van der Waals surface area contributed by atoms with Gasteiger partial charge < -0.3 is 23.7 Å².